The first kappa shape index (κ1) is 15.8. The highest BCUT2D eigenvalue weighted by molar-refractivity contribution is 7.98. The second-order valence-electron chi connectivity index (χ2n) is 4.67. The Morgan fingerprint density at radius 3 is 2.80 bits per heavy atom. The van der Waals surface area contributed by atoms with Gasteiger partial charge < -0.3 is 5.32 Å². The van der Waals surface area contributed by atoms with E-state index in [1.54, 1.807) is 18.2 Å². The molecule has 0 aromatic heterocycles. The van der Waals surface area contributed by atoms with Crippen LogP contribution in [0, 0.1) is 0 Å². The van der Waals surface area contributed by atoms with Crippen LogP contribution in [0.15, 0.2) is 34.1 Å². The highest BCUT2D eigenvalue weighted by Crippen LogP contribution is 2.18. The topological polar surface area (TPSA) is 61.4 Å². The summed E-state index contributed by atoms with van der Waals surface area (Å²) in [5.41, 5.74) is 0. The number of hydrogen-bond acceptors (Lipinski definition) is 5. The van der Waals surface area contributed by atoms with Crippen molar-refractivity contribution in [3.63, 3.8) is 0 Å². The van der Waals surface area contributed by atoms with Crippen molar-refractivity contribution in [2.45, 2.75) is 9.79 Å². The molecule has 20 heavy (non-hydrogen) atoms. The number of rotatable bonds is 6. The van der Waals surface area contributed by atoms with E-state index in [2.05, 4.69) is 14.9 Å². The summed E-state index contributed by atoms with van der Waals surface area (Å²) in [7, 11) is -3.40. The Balaban J connectivity index is 1.89. The lowest BCUT2D eigenvalue weighted by Crippen LogP contribution is -2.46. The highest BCUT2D eigenvalue weighted by Gasteiger charge is 2.15. The van der Waals surface area contributed by atoms with E-state index in [4.69, 9.17) is 0 Å². The third-order valence-corrected chi connectivity index (χ3v) is 5.47. The van der Waals surface area contributed by atoms with Crippen molar-refractivity contribution in [3.05, 3.63) is 24.3 Å². The first-order chi connectivity index (χ1) is 9.62. The molecule has 2 rings (SSSR count). The summed E-state index contributed by atoms with van der Waals surface area (Å²) in [6, 6.07) is 7.02. The molecule has 0 unspecified atom stereocenters. The van der Waals surface area contributed by atoms with Crippen LogP contribution in [0.2, 0.25) is 0 Å². The van der Waals surface area contributed by atoms with Gasteiger partial charge in [0.2, 0.25) is 10.0 Å². The highest BCUT2D eigenvalue weighted by atomic mass is 32.2. The van der Waals surface area contributed by atoms with Crippen LogP contribution in [-0.2, 0) is 10.0 Å². The molecule has 0 aliphatic carbocycles. The van der Waals surface area contributed by atoms with E-state index in [1.165, 1.54) is 11.8 Å². The first-order valence-electron chi connectivity index (χ1n) is 6.68. The second-order valence-corrected chi connectivity index (χ2v) is 7.32. The zero-order valence-electron chi connectivity index (χ0n) is 11.6. The summed E-state index contributed by atoms with van der Waals surface area (Å²) >= 11 is 1.54. The Morgan fingerprint density at radius 2 is 2.10 bits per heavy atom. The van der Waals surface area contributed by atoms with Crippen molar-refractivity contribution >= 4 is 21.8 Å². The summed E-state index contributed by atoms with van der Waals surface area (Å²) in [6.07, 6.45) is 1.93. The van der Waals surface area contributed by atoms with Crippen molar-refractivity contribution in [2.75, 3.05) is 45.5 Å². The van der Waals surface area contributed by atoms with E-state index in [0.29, 0.717) is 11.4 Å². The number of benzene rings is 1. The Morgan fingerprint density at radius 1 is 1.35 bits per heavy atom. The molecule has 1 fully saturated rings. The minimum Gasteiger partial charge on any atom is -0.314 e. The summed E-state index contributed by atoms with van der Waals surface area (Å²) in [6.45, 7) is 5.10. The molecule has 2 N–H and O–H groups in total. The maximum absolute atomic E-state index is 12.2. The largest absolute Gasteiger partial charge is 0.314 e. The number of hydrogen-bond donors (Lipinski definition) is 2. The second kappa shape index (κ2) is 7.42. The molecular formula is C13H21N3O2S2. The van der Waals surface area contributed by atoms with Crippen LogP contribution in [-0.4, -0.2) is 58.8 Å². The monoisotopic (exact) mass is 315 g/mol. The Hall–Kier alpha value is -0.600. The van der Waals surface area contributed by atoms with E-state index in [0.717, 1.165) is 37.6 Å². The maximum atomic E-state index is 12.2. The maximum Gasteiger partial charge on any atom is 0.240 e. The lowest BCUT2D eigenvalue weighted by Gasteiger charge is -2.27. The number of piperazine rings is 1. The molecule has 7 heteroatoms. The van der Waals surface area contributed by atoms with Gasteiger partial charge in [-0.1, -0.05) is 6.07 Å². The molecule has 1 aliphatic rings. The van der Waals surface area contributed by atoms with Gasteiger partial charge in [0.15, 0.2) is 0 Å². The van der Waals surface area contributed by atoms with Gasteiger partial charge >= 0.3 is 0 Å². The van der Waals surface area contributed by atoms with Crippen LogP contribution in [0.4, 0.5) is 0 Å². The number of nitrogens with zero attached hydrogens (tertiary/aromatic N) is 1. The predicted molar refractivity (Wildman–Crippen MR) is 82.7 cm³/mol. The van der Waals surface area contributed by atoms with Gasteiger partial charge in [-0.3, -0.25) is 4.90 Å². The normalized spacial score (nSPS) is 17.2. The van der Waals surface area contributed by atoms with Gasteiger partial charge in [0.05, 0.1) is 4.90 Å². The fourth-order valence-corrected chi connectivity index (χ4v) is 3.73. The average Bonchev–Trinajstić information content (AvgIpc) is 2.48. The zero-order chi connectivity index (χ0) is 14.4. The molecule has 0 spiro atoms. The summed E-state index contributed by atoms with van der Waals surface area (Å²) in [5, 5.41) is 3.28. The Kier molecular flexibility index (Phi) is 5.86. The van der Waals surface area contributed by atoms with Crippen LogP contribution in [0.1, 0.15) is 0 Å². The van der Waals surface area contributed by atoms with Crippen LogP contribution in [0.3, 0.4) is 0 Å². The van der Waals surface area contributed by atoms with Crippen LogP contribution in [0.5, 0.6) is 0 Å². The molecule has 5 nitrogen and oxygen atoms in total. The van der Waals surface area contributed by atoms with E-state index in [1.807, 2.05) is 12.3 Å². The van der Waals surface area contributed by atoms with Crippen molar-refractivity contribution in [1.29, 1.82) is 0 Å². The average molecular weight is 315 g/mol. The predicted octanol–water partition coefficient (Wildman–Crippen LogP) is 0.592. The van der Waals surface area contributed by atoms with E-state index >= 15 is 0 Å². The lowest BCUT2D eigenvalue weighted by molar-refractivity contribution is 0.245. The molecule has 1 aliphatic heterocycles. The van der Waals surface area contributed by atoms with Crippen LogP contribution < -0.4 is 10.0 Å². The van der Waals surface area contributed by atoms with Gasteiger partial charge in [0.1, 0.15) is 0 Å². The summed E-state index contributed by atoms with van der Waals surface area (Å²) in [5.74, 6) is 0. The first-order valence-corrected chi connectivity index (χ1v) is 9.39. The lowest BCUT2D eigenvalue weighted by atomic mass is 10.3. The number of nitrogens with one attached hydrogen (secondary N) is 2. The van der Waals surface area contributed by atoms with Crippen LogP contribution >= 0.6 is 11.8 Å². The van der Waals surface area contributed by atoms with E-state index < -0.39 is 10.0 Å². The fourth-order valence-electron chi connectivity index (χ4n) is 2.12. The summed E-state index contributed by atoms with van der Waals surface area (Å²) in [4.78, 5) is 3.55. The van der Waals surface area contributed by atoms with Gasteiger partial charge in [-0.15, -0.1) is 11.8 Å². The molecule has 0 saturated carbocycles. The van der Waals surface area contributed by atoms with Crippen molar-refractivity contribution in [1.82, 2.24) is 14.9 Å². The molecule has 0 amide bonds. The molecule has 1 aromatic carbocycles. The van der Waals surface area contributed by atoms with Gasteiger partial charge in [0, 0.05) is 44.2 Å². The number of sulfonamides is 1. The third kappa shape index (κ3) is 4.46. The fraction of sp³-hybridized carbons (Fsp3) is 0.538. The van der Waals surface area contributed by atoms with E-state index in [9.17, 15) is 8.42 Å². The molecule has 0 bridgehead atoms. The molecule has 112 valence electrons. The molecule has 0 radical (unpaired) electrons. The Labute approximate surface area is 125 Å². The van der Waals surface area contributed by atoms with Crippen molar-refractivity contribution in [2.24, 2.45) is 0 Å². The van der Waals surface area contributed by atoms with Gasteiger partial charge in [-0.25, -0.2) is 13.1 Å². The van der Waals surface area contributed by atoms with Gasteiger partial charge in [-0.05, 0) is 24.5 Å². The van der Waals surface area contributed by atoms with Crippen molar-refractivity contribution in [3.8, 4) is 0 Å². The minimum atomic E-state index is -3.40. The summed E-state index contributed by atoms with van der Waals surface area (Å²) < 4.78 is 27.1. The van der Waals surface area contributed by atoms with E-state index in [-0.39, 0.29) is 0 Å². The Bertz CT molecular complexity index is 528. The van der Waals surface area contributed by atoms with Crippen molar-refractivity contribution < 1.29 is 8.42 Å². The third-order valence-electron chi connectivity index (χ3n) is 3.28. The van der Waals surface area contributed by atoms with Crippen LogP contribution in [0.25, 0.3) is 0 Å². The zero-order valence-corrected chi connectivity index (χ0v) is 13.3. The molecule has 1 heterocycles. The molecule has 0 atom stereocenters. The SMILES string of the molecule is CSc1cccc(S(=O)(=O)NCCN2CCNCC2)c1. The molecule has 1 aromatic rings. The number of thioether (sulfide) groups is 1. The smallest absolute Gasteiger partial charge is 0.240 e. The molecule has 1 saturated heterocycles. The minimum absolute atomic E-state index is 0.338. The van der Waals surface area contributed by atoms with Gasteiger partial charge in [-0.2, -0.15) is 0 Å². The van der Waals surface area contributed by atoms with Gasteiger partial charge in [0.25, 0.3) is 0 Å². The molecular weight excluding hydrogens is 294 g/mol. The standard InChI is InChI=1S/C13H21N3O2S2/c1-19-12-3-2-4-13(11-12)20(17,18)15-7-10-16-8-5-14-6-9-16/h2-4,11,14-15H,5-10H2,1H3. The quantitative estimate of drug-likeness (QED) is 0.753.